The number of halogens is 3. The second-order valence-corrected chi connectivity index (χ2v) is 11.3. The van der Waals surface area contributed by atoms with E-state index in [9.17, 15) is 31.2 Å². The smallest absolute Gasteiger partial charge is 0.244 e. The van der Waals surface area contributed by atoms with Crippen LogP contribution in [-0.2, 0) is 32.6 Å². The number of anilines is 1. The van der Waals surface area contributed by atoms with Crippen LogP contribution in [0.15, 0.2) is 72.8 Å². The van der Waals surface area contributed by atoms with Gasteiger partial charge in [-0.15, -0.1) is 0 Å². The van der Waals surface area contributed by atoms with Crippen molar-refractivity contribution in [2.45, 2.75) is 38.8 Å². The van der Waals surface area contributed by atoms with Gasteiger partial charge in [0.25, 0.3) is 0 Å². The number of nitrogens with one attached hydrogen (secondary N) is 1. The Morgan fingerprint density at radius 2 is 1.57 bits per heavy atom. The van der Waals surface area contributed by atoms with Gasteiger partial charge in [0.2, 0.25) is 21.8 Å². The number of sulfonamides is 1. The summed E-state index contributed by atoms with van der Waals surface area (Å²) in [6, 6.07) is 15.8. The van der Waals surface area contributed by atoms with Gasteiger partial charge in [0.15, 0.2) is 11.6 Å². The van der Waals surface area contributed by atoms with E-state index in [4.69, 9.17) is 0 Å². The molecule has 40 heavy (non-hydrogen) atoms. The van der Waals surface area contributed by atoms with Gasteiger partial charge < -0.3 is 10.2 Å². The van der Waals surface area contributed by atoms with E-state index in [-0.39, 0.29) is 18.7 Å². The molecule has 0 fully saturated rings. The fraction of sp³-hybridized carbons (Fsp3) is 0.310. The van der Waals surface area contributed by atoms with Crippen LogP contribution in [0.4, 0.5) is 18.9 Å². The van der Waals surface area contributed by atoms with Gasteiger partial charge in [0.05, 0.1) is 11.9 Å². The zero-order valence-electron chi connectivity index (χ0n) is 22.3. The largest absolute Gasteiger partial charge is 0.354 e. The predicted octanol–water partition coefficient (Wildman–Crippen LogP) is 4.43. The lowest BCUT2D eigenvalue weighted by Crippen LogP contribution is -2.53. The van der Waals surface area contributed by atoms with E-state index in [1.165, 1.54) is 29.2 Å². The molecular weight excluding hydrogens is 543 g/mol. The maximum absolute atomic E-state index is 14.0. The molecule has 0 saturated carbocycles. The fourth-order valence-electron chi connectivity index (χ4n) is 4.10. The zero-order valence-corrected chi connectivity index (χ0v) is 23.1. The van der Waals surface area contributed by atoms with Crippen molar-refractivity contribution >= 4 is 27.5 Å². The highest BCUT2D eigenvalue weighted by Gasteiger charge is 2.33. The average Bonchev–Trinajstić information content (AvgIpc) is 2.92. The van der Waals surface area contributed by atoms with Gasteiger partial charge in [-0.05, 0) is 41.8 Å². The molecule has 0 spiro atoms. The molecule has 0 aliphatic carbocycles. The van der Waals surface area contributed by atoms with E-state index in [2.05, 4.69) is 5.32 Å². The predicted molar refractivity (Wildman–Crippen MR) is 147 cm³/mol. The normalized spacial score (nSPS) is 12.0. The number of amides is 2. The molecule has 0 aliphatic heterocycles. The number of carbonyl (C=O) groups is 2. The summed E-state index contributed by atoms with van der Waals surface area (Å²) in [6.45, 7) is 1.44. The van der Waals surface area contributed by atoms with E-state index in [1.54, 1.807) is 24.3 Å². The maximum Gasteiger partial charge on any atom is 0.244 e. The lowest BCUT2D eigenvalue weighted by Gasteiger charge is -2.33. The van der Waals surface area contributed by atoms with E-state index in [0.717, 1.165) is 30.4 Å². The Balaban J connectivity index is 2.03. The van der Waals surface area contributed by atoms with E-state index >= 15 is 0 Å². The number of rotatable bonds is 13. The monoisotopic (exact) mass is 575 g/mol. The van der Waals surface area contributed by atoms with Gasteiger partial charge in [0, 0.05) is 25.6 Å². The van der Waals surface area contributed by atoms with Crippen LogP contribution in [0.2, 0.25) is 0 Å². The van der Waals surface area contributed by atoms with Crippen molar-refractivity contribution in [3.05, 3.63) is 101 Å². The van der Waals surface area contributed by atoms with Crippen LogP contribution < -0.4 is 9.62 Å². The summed E-state index contributed by atoms with van der Waals surface area (Å²) in [5.74, 6) is -4.13. The first-order chi connectivity index (χ1) is 19.0. The van der Waals surface area contributed by atoms with Gasteiger partial charge >= 0.3 is 0 Å². The molecule has 0 saturated heterocycles. The number of benzene rings is 3. The summed E-state index contributed by atoms with van der Waals surface area (Å²) in [6.07, 6.45) is 2.51. The van der Waals surface area contributed by atoms with Crippen molar-refractivity contribution in [1.82, 2.24) is 10.2 Å². The van der Waals surface area contributed by atoms with Crippen LogP contribution in [0.25, 0.3) is 0 Å². The van der Waals surface area contributed by atoms with E-state index in [0.29, 0.717) is 28.9 Å². The molecular formula is C29H32F3N3O4S. The Kier molecular flexibility index (Phi) is 10.7. The van der Waals surface area contributed by atoms with Crippen molar-refractivity contribution < 1.29 is 31.2 Å². The molecule has 3 aromatic carbocycles. The summed E-state index contributed by atoms with van der Waals surface area (Å²) >= 11 is 0. The molecule has 0 aromatic heterocycles. The highest BCUT2D eigenvalue weighted by Crippen LogP contribution is 2.22. The Morgan fingerprint density at radius 3 is 2.17 bits per heavy atom. The van der Waals surface area contributed by atoms with E-state index in [1.807, 2.05) is 13.0 Å². The number of carbonyl (C=O) groups excluding carboxylic acids is 2. The van der Waals surface area contributed by atoms with Gasteiger partial charge in [0.1, 0.15) is 18.4 Å². The van der Waals surface area contributed by atoms with Crippen molar-refractivity contribution in [3.8, 4) is 0 Å². The molecule has 0 bridgehead atoms. The number of unbranched alkanes of at least 4 members (excludes halogenated alkanes) is 1. The van der Waals surface area contributed by atoms with Crippen LogP contribution in [0.1, 0.15) is 30.9 Å². The Bertz CT molecular complexity index is 1400. The second-order valence-electron chi connectivity index (χ2n) is 9.37. The van der Waals surface area contributed by atoms with Gasteiger partial charge in [-0.1, -0.05) is 55.8 Å². The maximum atomic E-state index is 14.0. The Morgan fingerprint density at radius 1 is 0.900 bits per heavy atom. The third-order valence-corrected chi connectivity index (χ3v) is 7.38. The Labute approximate surface area is 232 Å². The summed E-state index contributed by atoms with van der Waals surface area (Å²) in [5.41, 5.74) is 1.02. The quantitative estimate of drug-likeness (QED) is 0.306. The molecule has 2 amide bonds. The van der Waals surface area contributed by atoms with Gasteiger partial charge in [-0.3, -0.25) is 13.9 Å². The standard InChI is InChI=1S/C29H32F3N3O4S/c1-3-4-16-33-29(37)27(17-21-8-6-5-7-9-21)34(19-22-10-12-23(30)13-11-22)28(36)20-35(40(2,38)39)24-14-15-25(31)26(32)18-24/h5-15,18,27H,3-4,16-17,19-20H2,1-2H3,(H,33,37). The minimum absolute atomic E-state index is 0.121. The molecule has 11 heteroatoms. The minimum atomic E-state index is -4.13. The SMILES string of the molecule is CCCCNC(=O)C(Cc1ccccc1)N(Cc1ccc(F)cc1)C(=O)CN(c1ccc(F)c(F)c1)S(C)(=O)=O. The topological polar surface area (TPSA) is 86.8 Å². The molecule has 0 aliphatic rings. The molecule has 1 N–H and O–H groups in total. The Hall–Kier alpha value is -3.86. The highest BCUT2D eigenvalue weighted by molar-refractivity contribution is 7.92. The van der Waals surface area contributed by atoms with Crippen molar-refractivity contribution in [2.75, 3.05) is 23.7 Å². The first-order valence-corrected chi connectivity index (χ1v) is 14.6. The van der Waals surface area contributed by atoms with Gasteiger partial charge in [-0.25, -0.2) is 21.6 Å². The summed E-state index contributed by atoms with van der Waals surface area (Å²) in [4.78, 5) is 28.6. The molecule has 3 rings (SSSR count). The molecule has 1 unspecified atom stereocenters. The molecule has 1 atom stereocenters. The number of hydrogen-bond donors (Lipinski definition) is 1. The van der Waals surface area contributed by atoms with Crippen molar-refractivity contribution in [3.63, 3.8) is 0 Å². The third-order valence-electron chi connectivity index (χ3n) is 6.24. The van der Waals surface area contributed by atoms with Gasteiger partial charge in [-0.2, -0.15) is 0 Å². The molecule has 0 radical (unpaired) electrons. The second kappa shape index (κ2) is 14.0. The molecule has 7 nitrogen and oxygen atoms in total. The minimum Gasteiger partial charge on any atom is -0.354 e. The lowest BCUT2D eigenvalue weighted by molar-refractivity contribution is -0.140. The molecule has 0 heterocycles. The first kappa shape index (κ1) is 30.7. The first-order valence-electron chi connectivity index (χ1n) is 12.8. The fourth-order valence-corrected chi connectivity index (χ4v) is 4.94. The highest BCUT2D eigenvalue weighted by atomic mass is 32.2. The van der Waals surface area contributed by atoms with Crippen LogP contribution in [0.5, 0.6) is 0 Å². The van der Waals surface area contributed by atoms with Crippen LogP contribution in [0.3, 0.4) is 0 Å². The van der Waals surface area contributed by atoms with Crippen molar-refractivity contribution in [2.24, 2.45) is 0 Å². The third kappa shape index (κ3) is 8.57. The van der Waals surface area contributed by atoms with Crippen molar-refractivity contribution in [1.29, 1.82) is 0 Å². The lowest BCUT2D eigenvalue weighted by atomic mass is 10.0. The van der Waals surface area contributed by atoms with Crippen LogP contribution in [-0.4, -0.2) is 50.5 Å². The number of hydrogen-bond acceptors (Lipinski definition) is 4. The summed E-state index contributed by atoms with van der Waals surface area (Å²) in [7, 11) is -4.13. The molecule has 214 valence electrons. The number of nitrogens with zero attached hydrogens (tertiary/aromatic N) is 2. The van der Waals surface area contributed by atoms with E-state index < -0.39 is 51.9 Å². The van der Waals surface area contributed by atoms with Crippen LogP contribution >= 0.6 is 0 Å². The molecule has 3 aromatic rings. The summed E-state index contributed by atoms with van der Waals surface area (Å²) < 4.78 is 67.2. The zero-order chi connectivity index (χ0) is 29.3. The van der Waals surface area contributed by atoms with Crippen LogP contribution in [0, 0.1) is 17.5 Å². The summed E-state index contributed by atoms with van der Waals surface area (Å²) in [5, 5.41) is 2.85. The average molecular weight is 576 g/mol.